The molecule has 0 aromatic heterocycles. The molecule has 1 saturated carbocycles. The molecular formula is C28H27N3O8S. The maximum atomic E-state index is 13.7. The minimum Gasteiger partial charge on any atom is -0.508 e. The number of benzene rings is 2. The molecule has 40 heavy (non-hydrogen) atoms. The van der Waals surface area contributed by atoms with Crippen molar-refractivity contribution >= 4 is 51.6 Å². The van der Waals surface area contributed by atoms with Gasteiger partial charge in [0.25, 0.3) is 11.1 Å². The van der Waals surface area contributed by atoms with Gasteiger partial charge in [0.1, 0.15) is 17.1 Å². The number of hydrogen-bond donors (Lipinski definition) is 6. The smallest absolute Gasteiger partial charge is 0.288 e. The van der Waals surface area contributed by atoms with E-state index < -0.39 is 69.4 Å². The van der Waals surface area contributed by atoms with Gasteiger partial charge in [-0.25, -0.2) is 0 Å². The van der Waals surface area contributed by atoms with Crippen molar-refractivity contribution in [1.29, 1.82) is 0 Å². The molecular weight excluding hydrogens is 538 g/mol. The Morgan fingerprint density at radius 1 is 1.10 bits per heavy atom. The number of carbonyl (C=O) groups excluding carboxylic acids is 4. The fraction of sp³-hybridized carbons (Fsp3) is 0.286. The van der Waals surface area contributed by atoms with Crippen LogP contribution >= 0.6 is 11.8 Å². The van der Waals surface area contributed by atoms with Gasteiger partial charge in [-0.15, -0.1) is 0 Å². The number of fused-ring (bicyclic) bond motifs is 3. The molecule has 1 fully saturated rings. The number of aliphatic hydroxyl groups is 3. The van der Waals surface area contributed by atoms with Gasteiger partial charge in [-0.3, -0.25) is 19.2 Å². The highest BCUT2D eigenvalue weighted by atomic mass is 32.2. The number of nitrogens with zero attached hydrogens (tertiary/aromatic N) is 1. The molecule has 11 nitrogen and oxygen atoms in total. The molecule has 0 bridgehead atoms. The van der Waals surface area contributed by atoms with Crippen molar-refractivity contribution in [3.05, 3.63) is 64.4 Å². The van der Waals surface area contributed by atoms with Crippen LogP contribution in [0, 0.1) is 11.8 Å². The molecule has 0 aliphatic heterocycles. The Hall–Kier alpha value is -4.29. The zero-order chi connectivity index (χ0) is 29.1. The van der Waals surface area contributed by atoms with Crippen LogP contribution in [0.5, 0.6) is 5.75 Å². The largest absolute Gasteiger partial charge is 0.508 e. The summed E-state index contributed by atoms with van der Waals surface area (Å²) in [4.78, 5) is 53.2. The number of ketones is 2. The monoisotopic (exact) mass is 565 g/mol. The fourth-order valence-corrected chi connectivity index (χ4v) is 6.56. The average molecular weight is 566 g/mol. The van der Waals surface area contributed by atoms with Crippen molar-refractivity contribution in [3.63, 3.8) is 0 Å². The molecule has 0 saturated heterocycles. The summed E-state index contributed by atoms with van der Waals surface area (Å²) in [6.07, 6.45) is -0.205. The molecule has 208 valence electrons. The number of anilines is 2. The van der Waals surface area contributed by atoms with E-state index in [9.17, 15) is 39.6 Å². The van der Waals surface area contributed by atoms with Crippen LogP contribution in [0.25, 0.3) is 5.76 Å². The van der Waals surface area contributed by atoms with E-state index in [0.717, 1.165) is 11.8 Å². The molecule has 12 heteroatoms. The zero-order valence-corrected chi connectivity index (χ0v) is 22.4. The molecule has 5 rings (SSSR count). The van der Waals surface area contributed by atoms with Crippen LogP contribution in [0.3, 0.4) is 0 Å². The number of aliphatic hydroxyl groups excluding tert-OH is 2. The minimum absolute atomic E-state index is 0.0108. The van der Waals surface area contributed by atoms with Gasteiger partial charge in [-0.2, -0.15) is 0 Å². The maximum Gasteiger partial charge on any atom is 0.288 e. The van der Waals surface area contributed by atoms with Crippen LogP contribution in [0.2, 0.25) is 0 Å². The van der Waals surface area contributed by atoms with Crippen molar-refractivity contribution in [2.24, 2.45) is 17.6 Å². The summed E-state index contributed by atoms with van der Waals surface area (Å²) >= 11 is 0.898. The van der Waals surface area contributed by atoms with Crippen LogP contribution < -0.4 is 16.0 Å². The molecule has 3 aliphatic carbocycles. The first-order valence-electron chi connectivity index (χ1n) is 12.4. The Morgan fingerprint density at radius 3 is 2.40 bits per heavy atom. The quantitative estimate of drug-likeness (QED) is 0.183. The second kappa shape index (κ2) is 9.72. The van der Waals surface area contributed by atoms with Crippen LogP contribution in [0.1, 0.15) is 24.0 Å². The number of phenolic OH excluding ortho intramolecular Hbond substituents is 1. The molecule has 2 aromatic carbocycles. The number of thioether (sulfide) groups is 1. The first-order valence-corrected chi connectivity index (χ1v) is 13.2. The van der Waals surface area contributed by atoms with E-state index in [1.54, 1.807) is 49.3 Å². The molecule has 0 heterocycles. The van der Waals surface area contributed by atoms with Crippen molar-refractivity contribution in [2.75, 3.05) is 24.3 Å². The van der Waals surface area contributed by atoms with Crippen LogP contribution in [0.15, 0.2) is 58.2 Å². The summed E-state index contributed by atoms with van der Waals surface area (Å²) in [5.41, 5.74) is 2.44. The second-order valence-corrected chi connectivity index (χ2v) is 11.3. The van der Waals surface area contributed by atoms with Gasteiger partial charge >= 0.3 is 0 Å². The summed E-state index contributed by atoms with van der Waals surface area (Å²) in [7, 11) is 3.48. The number of aromatic hydroxyl groups is 1. The topological polar surface area (TPSA) is 190 Å². The Labute approximate surface area is 233 Å². The van der Waals surface area contributed by atoms with Gasteiger partial charge in [0, 0.05) is 42.6 Å². The molecule has 7 N–H and O–H groups in total. The van der Waals surface area contributed by atoms with Gasteiger partial charge < -0.3 is 36.4 Å². The number of phenols is 1. The Bertz CT molecular complexity index is 1550. The summed E-state index contributed by atoms with van der Waals surface area (Å²) in [6.45, 7) is 0. The highest BCUT2D eigenvalue weighted by Gasteiger charge is 2.60. The summed E-state index contributed by atoms with van der Waals surface area (Å²) in [6, 6.07) is 10.4. The van der Waals surface area contributed by atoms with Gasteiger partial charge in [0.2, 0.25) is 5.78 Å². The van der Waals surface area contributed by atoms with Crippen molar-refractivity contribution in [1.82, 2.24) is 0 Å². The third-order valence-electron chi connectivity index (χ3n) is 7.71. The van der Waals surface area contributed by atoms with E-state index in [-0.39, 0.29) is 29.7 Å². The van der Waals surface area contributed by atoms with Crippen LogP contribution in [-0.2, 0) is 20.8 Å². The van der Waals surface area contributed by atoms with Gasteiger partial charge in [0.15, 0.2) is 17.1 Å². The predicted molar refractivity (Wildman–Crippen MR) is 147 cm³/mol. The number of hydrogen-bond acceptors (Lipinski definition) is 10. The van der Waals surface area contributed by atoms with E-state index in [2.05, 4.69) is 5.32 Å². The van der Waals surface area contributed by atoms with Gasteiger partial charge in [0.05, 0.1) is 11.3 Å². The van der Waals surface area contributed by atoms with Crippen molar-refractivity contribution < 1.29 is 39.6 Å². The summed E-state index contributed by atoms with van der Waals surface area (Å²) in [5, 5.41) is 46.9. The first-order chi connectivity index (χ1) is 18.9. The van der Waals surface area contributed by atoms with Crippen LogP contribution in [0.4, 0.5) is 16.2 Å². The molecule has 3 atom stereocenters. The number of carbonyl (C=O) groups is 4. The molecule has 3 aliphatic rings. The molecule has 2 amide bonds. The summed E-state index contributed by atoms with van der Waals surface area (Å²) < 4.78 is 0. The predicted octanol–water partition coefficient (Wildman–Crippen LogP) is 2.81. The van der Waals surface area contributed by atoms with E-state index in [1.165, 1.54) is 0 Å². The molecule has 0 unspecified atom stereocenters. The Kier molecular flexibility index (Phi) is 6.63. The van der Waals surface area contributed by atoms with E-state index >= 15 is 0 Å². The molecule has 2 aromatic rings. The third kappa shape index (κ3) is 4.11. The van der Waals surface area contributed by atoms with Crippen molar-refractivity contribution in [3.8, 4) is 5.75 Å². The lowest BCUT2D eigenvalue weighted by atomic mass is 9.59. The van der Waals surface area contributed by atoms with Gasteiger partial charge in [-0.1, -0.05) is 18.2 Å². The lowest BCUT2D eigenvalue weighted by Gasteiger charge is -2.46. The molecule has 0 spiro atoms. The number of Topliss-reactive ketones (excluding diaryl/α,β-unsaturated/α-hetero) is 2. The van der Waals surface area contributed by atoms with E-state index in [0.29, 0.717) is 16.1 Å². The van der Waals surface area contributed by atoms with Gasteiger partial charge in [-0.05, 0) is 54.3 Å². The highest BCUT2D eigenvalue weighted by Crippen LogP contribution is 2.54. The average Bonchev–Trinajstić information content (AvgIpc) is 2.88. The number of primary amides is 1. The third-order valence-corrected chi connectivity index (χ3v) is 8.51. The number of nitrogens with one attached hydrogen (secondary N) is 1. The Morgan fingerprint density at radius 2 is 1.77 bits per heavy atom. The lowest BCUT2D eigenvalue weighted by Crippen LogP contribution is -2.58. The van der Waals surface area contributed by atoms with E-state index in [1.807, 2.05) is 6.07 Å². The zero-order valence-electron chi connectivity index (χ0n) is 21.6. The lowest BCUT2D eigenvalue weighted by molar-refractivity contribution is -0.147. The first kappa shape index (κ1) is 27.3. The molecule has 0 radical (unpaired) electrons. The number of rotatable bonds is 4. The fourth-order valence-electron chi connectivity index (χ4n) is 5.89. The minimum atomic E-state index is -2.65. The van der Waals surface area contributed by atoms with Crippen LogP contribution in [-0.4, -0.2) is 62.8 Å². The highest BCUT2D eigenvalue weighted by molar-refractivity contribution is 8.13. The number of nitrogens with two attached hydrogens (primary N) is 1. The SMILES string of the molecule is CN(C)c1cc(NC(=O)Sc2ccccc2)c(O)c2c1C[C@H]1C[C@H]3CC(=O)C(C(N)=O)=C(O)[C@@]3(O)C(=O)C1=C2O. The van der Waals surface area contributed by atoms with E-state index in [4.69, 9.17) is 5.73 Å². The maximum absolute atomic E-state index is 13.7. The standard InChI is InChI=1S/C28H27N3O8S/c1-31(2)17-11-16(30-27(38)40-14-6-4-3-5-7-14)22(33)20-15(17)9-12-8-13-10-18(32)21(26(29)37)25(36)28(13,39)24(35)19(12)23(20)34/h3-7,11-13,33-34,36,39H,8-10H2,1-2H3,(H2,29,37)(H,30,38)/t12-,13+,28+/m1/s1. The Balaban J connectivity index is 1.61. The second-order valence-electron chi connectivity index (χ2n) is 10.3. The number of amides is 2. The normalized spacial score (nSPS) is 23.8. The summed E-state index contributed by atoms with van der Waals surface area (Å²) in [5.74, 6) is -7.09. The van der Waals surface area contributed by atoms with Crippen molar-refractivity contribution in [2.45, 2.75) is 29.8 Å².